The topological polar surface area (TPSA) is 63.7 Å². The molecule has 0 fully saturated rings. The molecule has 0 saturated carbocycles. The van der Waals surface area contributed by atoms with Crippen LogP contribution in [0.2, 0.25) is 0 Å². The first-order valence-electron chi connectivity index (χ1n) is 10.2. The molecule has 2 rings (SSSR count). The van der Waals surface area contributed by atoms with Gasteiger partial charge in [0.2, 0.25) is 0 Å². The van der Waals surface area contributed by atoms with Gasteiger partial charge in [-0.15, -0.1) is 0 Å². The van der Waals surface area contributed by atoms with Gasteiger partial charge in [0.1, 0.15) is 6.04 Å². The molecule has 1 aromatic carbocycles. The minimum atomic E-state index is -0.907. The van der Waals surface area contributed by atoms with E-state index in [1.807, 2.05) is 0 Å². The van der Waals surface area contributed by atoms with Crippen molar-refractivity contribution in [2.75, 3.05) is 6.61 Å². The molecule has 1 aromatic rings. The first-order chi connectivity index (χ1) is 13.1. The molecule has 0 saturated heterocycles. The van der Waals surface area contributed by atoms with Crippen molar-refractivity contribution in [3.05, 3.63) is 35.4 Å². The number of carbonyl (C=O) groups is 3. The average molecular weight is 373 g/mol. The van der Waals surface area contributed by atoms with Crippen LogP contribution in [-0.4, -0.2) is 35.3 Å². The highest BCUT2D eigenvalue weighted by Gasteiger charge is 2.41. The Balaban J connectivity index is 1.65. The van der Waals surface area contributed by atoms with Gasteiger partial charge in [0, 0.05) is 0 Å². The number of hydrogen-bond acceptors (Lipinski definition) is 4. The second kappa shape index (κ2) is 10.9. The molecule has 5 nitrogen and oxygen atoms in total. The largest absolute Gasteiger partial charge is 0.464 e. The van der Waals surface area contributed by atoms with Gasteiger partial charge in [-0.1, -0.05) is 70.4 Å². The number of hydrogen-bond donors (Lipinski definition) is 0. The summed E-state index contributed by atoms with van der Waals surface area (Å²) in [7, 11) is 0. The Bertz CT molecular complexity index is 620. The molecule has 5 heteroatoms. The highest BCUT2D eigenvalue weighted by molar-refractivity contribution is 6.22. The Morgan fingerprint density at radius 2 is 1.37 bits per heavy atom. The fraction of sp³-hybridized carbons (Fsp3) is 0.591. The van der Waals surface area contributed by atoms with Crippen LogP contribution in [0.3, 0.4) is 0 Å². The van der Waals surface area contributed by atoms with Gasteiger partial charge in [-0.3, -0.25) is 14.5 Å². The fourth-order valence-corrected chi connectivity index (χ4v) is 3.37. The Labute approximate surface area is 162 Å². The quantitative estimate of drug-likeness (QED) is 0.301. The van der Waals surface area contributed by atoms with Crippen molar-refractivity contribution in [2.45, 2.75) is 77.7 Å². The van der Waals surface area contributed by atoms with E-state index >= 15 is 0 Å². The summed E-state index contributed by atoms with van der Waals surface area (Å²) in [6.07, 6.45) is 10.7. The van der Waals surface area contributed by atoms with Gasteiger partial charge < -0.3 is 4.74 Å². The lowest BCUT2D eigenvalue weighted by molar-refractivity contribution is -0.147. The van der Waals surface area contributed by atoms with E-state index in [1.165, 1.54) is 38.5 Å². The molecule has 0 radical (unpaired) electrons. The summed E-state index contributed by atoms with van der Waals surface area (Å²) in [6.45, 7) is 4.10. The molecule has 148 valence electrons. The minimum absolute atomic E-state index is 0.335. The predicted molar refractivity (Wildman–Crippen MR) is 105 cm³/mol. The number of unbranched alkanes of at least 4 members (excludes halogenated alkanes) is 8. The van der Waals surface area contributed by atoms with Gasteiger partial charge in [-0.25, -0.2) is 4.79 Å². The summed E-state index contributed by atoms with van der Waals surface area (Å²) in [6, 6.07) is 5.72. The molecule has 1 atom stereocenters. The summed E-state index contributed by atoms with van der Waals surface area (Å²) >= 11 is 0. The van der Waals surface area contributed by atoms with Gasteiger partial charge in [-0.05, 0) is 25.5 Å². The van der Waals surface area contributed by atoms with Crippen molar-refractivity contribution < 1.29 is 19.1 Å². The molecule has 0 spiro atoms. The molecule has 0 bridgehead atoms. The summed E-state index contributed by atoms with van der Waals surface area (Å²) in [5.41, 5.74) is 0.696. The maximum Gasteiger partial charge on any atom is 0.329 e. The molecule has 0 N–H and O–H groups in total. The molecular formula is C22H31NO4. The third kappa shape index (κ3) is 5.65. The highest BCUT2D eigenvalue weighted by atomic mass is 16.5. The molecule has 1 heterocycles. The first-order valence-corrected chi connectivity index (χ1v) is 10.2. The fourth-order valence-electron chi connectivity index (χ4n) is 3.37. The highest BCUT2D eigenvalue weighted by Crippen LogP contribution is 2.24. The summed E-state index contributed by atoms with van der Waals surface area (Å²) in [5, 5.41) is 0. The van der Waals surface area contributed by atoms with E-state index in [4.69, 9.17) is 4.74 Å². The maximum atomic E-state index is 12.4. The molecular weight excluding hydrogens is 342 g/mol. The first kappa shape index (κ1) is 21.1. The van der Waals surface area contributed by atoms with E-state index in [1.54, 1.807) is 31.2 Å². The average Bonchev–Trinajstić information content (AvgIpc) is 2.93. The second-order valence-corrected chi connectivity index (χ2v) is 7.20. The zero-order chi connectivity index (χ0) is 19.6. The maximum absolute atomic E-state index is 12.4. The van der Waals surface area contributed by atoms with Crippen LogP contribution in [0.5, 0.6) is 0 Å². The van der Waals surface area contributed by atoms with Gasteiger partial charge in [0.15, 0.2) is 0 Å². The predicted octanol–water partition coefficient (Wildman–Crippen LogP) is 4.75. The zero-order valence-electron chi connectivity index (χ0n) is 16.5. The number of rotatable bonds is 12. The second-order valence-electron chi connectivity index (χ2n) is 7.20. The number of esters is 1. The van der Waals surface area contributed by atoms with E-state index in [0.717, 1.165) is 24.2 Å². The SMILES string of the molecule is CCCCCCCCCCCOC(=O)C(C)N1C(=O)c2ccccc2C1=O. The number of fused-ring (bicyclic) bond motifs is 1. The van der Waals surface area contributed by atoms with Crippen LogP contribution in [-0.2, 0) is 9.53 Å². The van der Waals surface area contributed by atoms with Crippen molar-refractivity contribution in [1.29, 1.82) is 0 Å². The summed E-state index contributed by atoms with van der Waals surface area (Å²) in [4.78, 5) is 38.0. The van der Waals surface area contributed by atoms with Crippen LogP contribution in [0, 0.1) is 0 Å². The summed E-state index contributed by atoms with van der Waals surface area (Å²) in [5.74, 6) is -1.38. The van der Waals surface area contributed by atoms with E-state index in [-0.39, 0.29) is 0 Å². The third-order valence-electron chi connectivity index (χ3n) is 5.05. The van der Waals surface area contributed by atoms with Crippen LogP contribution in [0.25, 0.3) is 0 Å². The van der Waals surface area contributed by atoms with Gasteiger partial charge in [0.25, 0.3) is 11.8 Å². The zero-order valence-corrected chi connectivity index (χ0v) is 16.5. The molecule has 1 aliphatic heterocycles. The Hall–Kier alpha value is -2.17. The van der Waals surface area contributed by atoms with Crippen LogP contribution in [0.15, 0.2) is 24.3 Å². The number of ether oxygens (including phenoxy) is 1. The van der Waals surface area contributed by atoms with Crippen LogP contribution >= 0.6 is 0 Å². The van der Waals surface area contributed by atoms with E-state index in [2.05, 4.69) is 6.92 Å². The monoisotopic (exact) mass is 373 g/mol. The number of carbonyl (C=O) groups excluding carboxylic acids is 3. The number of benzene rings is 1. The lowest BCUT2D eigenvalue weighted by atomic mass is 10.1. The lowest BCUT2D eigenvalue weighted by Crippen LogP contribution is -2.43. The molecule has 2 amide bonds. The van der Waals surface area contributed by atoms with Gasteiger partial charge in [0.05, 0.1) is 17.7 Å². The molecule has 0 aliphatic carbocycles. The van der Waals surface area contributed by atoms with Crippen molar-refractivity contribution in [1.82, 2.24) is 4.90 Å². The third-order valence-corrected chi connectivity index (χ3v) is 5.05. The van der Waals surface area contributed by atoms with E-state index in [0.29, 0.717) is 17.7 Å². The number of nitrogens with zero attached hydrogens (tertiary/aromatic N) is 1. The Morgan fingerprint density at radius 3 is 1.89 bits per heavy atom. The van der Waals surface area contributed by atoms with Crippen molar-refractivity contribution in [2.24, 2.45) is 0 Å². The van der Waals surface area contributed by atoms with Crippen molar-refractivity contribution in [3.63, 3.8) is 0 Å². The smallest absolute Gasteiger partial charge is 0.329 e. The Morgan fingerprint density at radius 1 is 0.889 bits per heavy atom. The van der Waals surface area contributed by atoms with E-state index in [9.17, 15) is 14.4 Å². The Kier molecular flexibility index (Phi) is 8.49. The molecule has 1 aliphatic rings. The van der Waals surface area contributed by atoms with E-state index < -0.39 is 23.8 Å². The summed E-state index contributed by atoms with van der Waals surface area (Å²) < 4.78 is 5.29. The van der Waals surface area contributed by atoms with Gasteiger partial charge >= 0.3 is 5.97 Å². The van der Waals surface area contributed by atoms with Crippen LogP contribution in [0.4, 0.5) is 0 Å². The minimum Gasteiger partial charge on any atom is -0.464 e. The number of amides is 2. The van der Waals surface area contributed by atoms with Crippen molar-refractivity contribution in [3.8, 4) is 0 Å². The molecule has 0 aromatic heterocycles. The molecule has 1 unspecified atom stereocenters. The van der Waals surface area contributed by atoms with Gasteiger partial charge in [-0.2, -0.15) is 0 Å². The standard InChI is InChI=1S/C22H31NO4/c1-3-4-5-6-7-8-9-10-13-16-27-22(26)17(2)23-20(24)18-14-11-12-15-19(18)21(23)25/h11-12,14-15,17H,3-10,13,16H2,1-2H3. The van der Waals surface area contributed by atoms with Crippen LogP contribution < -0.4 is 0 Å². The molecule has 27 heavy (non-hydrogen) atoms. The van der Waals surface area contributed by atoms with Crippen LogP contribution in [0.1, 0.15) is 92.4 Å². The van der Waals surface area contributed by atoms with Crippen molar-refractivity contribution >= 4 is 17.8 Å². The normalized spacial score (nSPS) is 14.4. The lowest BCUT2D eigenvalue weighted by Gasteiger charge is -2.20. The number of imide groups is 1.